The second-order valence-corrected chi connectivity index (χ2v) is 11.0. The normalized spacial score (nSPS) is 15.0. The predicted molar refractivity (Wildman–Crippen MR) is 111 cm³/mol. The van der Waals surface area contributed by atoms with E-state index in [9.17, 15) is 17.6 Å². The van der Waals surface area contributed by atoms with Crippen molar-refractivity contribution in [3.05, 3.63) is 47.1 Å². The van der Waals surface area contributed by atoms with Gasteiger partial charge >= 0.3 is 0 Å². The number of halogens is 1. The number of thioether (sulfide) groups is 1. The first-order valence-corrected chi connectivity index (χ1v) is 12.4. The van der Waals surface area contributed by atoms with Crippen molar-refractivity contribution in [2.75, 3.05) is 25.4 Å². The Morgan fingerprint density at radius 3 is 2.57 bits per heavy atom. The second kappa shape index (κ2) is 9.87. The Kier molecular flexibility index (Phi) is 7.50. The molecule has 1 aliphatic rings. The SMILES string of the molecule is O=C(Cc1ccc(S(=O)(=O)N2CCCC2)s1)NCCCSc1ccc(F)cc1. The van der Waals surface area contributed by atoms with E-state index in [0.29, 0.717) is 23.8 Å². The predicted octanol–water partition coefficient (Wildman–Crippen LogP) is 3.51. The van der Waals surface area contributed by atoms with Gasteiger partial charge in [0.05, 0.1) is 6.42 Å². The molecule has 9 heteroatoms. The molecule has 0 atom stereocenters. The molecule has 0 bridgehead atoms. The van der Waals surface area contributed by atoms with Crippen molar-refractivity contribution in [1.82, 2.24) is 9.62 Å². The number of carbonyl (C=O) groups excluding carboxylic acids is 1. The van der Waals surface area contributed by atoms with Gasteiger partial charge in [-0.15, -0.1) is 23.1 Å². The third-order valence-electron chi connectivity index (χ3n) is 4.36. The lowest BCUT2D eigenvalue weighted by atomic mass is 10.3. The molecule has 1 N–H and O–H groups in total. The van der Waals surface area contributed by atoms with Crippen LogP contribution in [0.5, 0.6) is 0 Å². The van der Waals surface area contributed by atoms with Gasteiger partial charge in [0, 0.05) is 29.4 Å². The summed E-state index contributed by atoms with van der Waals surface area (Å²) < 4.78 is 39.7. The summed E-state index contributed by atoms with van der Waals surface area (Å²) >= 11 is 2.79. The van der Waals surface area contributed by atoms with Crippen LogP contribution in [0.25, 0.3) is 0 Å². The van der Waals surface area contributed by atoms with Gasteiger partial charge < -0.3 is 5.32 Å². The molecule has 5 nitrogen and oxygen atoms in total. The third-order valence-corrected chi connectivity index (χ3v) is 8.91. The molecule has 1 amide bonds. The van der Waals surface area contributed by atoms with E-state index < -0.39 is 10.0 Å². The van der Waals surface area contributed by atoms with Gasteiger partial charge in [-0.2, -0.15) is 4.31 Å². The molecule has 2 aromatic rings. The Morgan fingerprint density at radius 2 is 1.86 bits per heavy atom. The smallest absolute Gasteiger partial charge is 0.252 e. The summed E-state index contributed by atoms with van der Waals surface area (Å²) in [6.07, 6.45) is 2.79. The van der Waals surface area contributed by atoms with Crippen molar-refractivity contribution in [2.24, 2.45) is 0 Å². The monoisotopic (exact) mass is 442 g/mol. The summed E-state index contributed by atoms with van der Waals surface area (Å²) in [5.74, 6) is 0.462. The molecule has 0 spiro atoms. The van der Waals surface area contributed by atoms with Crippen LogP contribution in [0, 0.1) is 5.82 Å². The molecule has 3 rings (SSSR count). The first-order valence-electron chi connectivity index (χ1n) is 9.19. The molecule has 152 valence electrons. The fraction of sp³-hybridized carbons (Fsp3) is 0.421. The van der Waals surface area contributed by atoms with E-state index >= 15 is 0 Å². The molecular formula is C19H23FN2O3S3. The van der Waals surface area contributed by atoms with Crippen molar-refractivity contribution in [1.29, 1.82) is 0 Å². The maximum Gasteiger partial charge on any atom is 0.252 e. The summed E-state index contributed by atoms with van der Waals surface area (Å²) in [4.78, 5) is 13.8. The molecule has 2 heterocycles. The van der Waals surface area contributed by atoms with Crippen molar-refractivity contribution in [3.8, 4) is 0 Å². The highest BCUT2D eigenvalue weighted by atomic mass is 32.2. The Morgan fingerprint density at radius 1 is 1.14 bits per heavy atom. The van der Waals surface area contributed by atoms with E-state index in [2.05, 4.69) is 5.32 Å². The zero-order valence-corrected chi connectivity index (χ0v) is 17.8. The van der Waals surface area contributed by atoms with Crippen molar-refractivity contribution in [2.45, 2.75) is 34.8 Å². The standard InChI is InChI=1S/C19H23FN2O3S3/c20-15-4-6-16(7-5-15)26-13-3-10-21-18(23)14-17-8-9-19(27-17)28(24,25)22-11-1-2-12-22/h4-9H,1-3,10-14H2,(H,21,23). The van der Waals surface area contributed by atoms with E-state index in [1.807, 2.05) is 0 Å². The van der Waals surface area contributed by atoms with Crippen molar-refractivity contribution >= 4 is 39.0 Å². The Balaban J connectivity index is 1.39. The quantitative estimate of drug-likeness (QED) is 0.477. The number of sulfonamides is 1. The molecule has 1 aliphatic heterocycles. The van der Waals surface area contributed by atoms with Crippen molar-refractivity contribution < 1.29 is 17.6 Å². The Bertz CT molecular complexity index is 891. The average Bonchev–Trinajstić information content (AvgIpc) is 3.35. The zero-order chi connectivity index (χ0) is 20.0. The number of amides is 1. The highest BCUT2D eigenvalue weighted by Crippen LogP contribution is 2.27. The fourth-order valence-corrected chi connectivity index (χ4v) is 6.77. The number of hydrogen-bond acceptors (Lipinski definition) is 5. The highest BCUT2D eigenvalue weighted by molar-refractivity contribution is 7.99. The number of hydrogen-bond donors (Lipinski definition) is 1. The van der Waals surface area contributed by atoms with Gasteiger partial charge in [-0.3, -0.25) is 4.79 Å². The summed E-state index contributed by atoms with van der Waals surface area (Å²) in [6.45, 7) is 1.70. The minimum atomic E-state index is -3.41. The molecule has 1 aromatic carbocycles. The van der Waals surface area contributed by atoms with Crippen LogP contribution in [0.3, 0.4) is 0 Å². The molecule has 28 heavy (non-hydrogen) atoms. The Labute approximate surface area is 173 Å². The van der Waals surface area contributed by atoms with E-state index in [0.717, 1.165) is 34.8 Å². The summed E-state index contributed by atoms with van der Waals surface area (Å²) in [5.41, 5.74) is 0. The molecular weight excluding hydrogens is 419 g/mol. The third kappa shape index (κ3) is 5.79. The van der Waals surface area contributed by atoms with Crippen LogP contribution in [0.2, 0.25) is 0 Å². The molecule has 1 aromatic heterocycles. The largest absolute Gasteiger partial charge is 0.356 e. The van der Waals surface area contributed by atoms with E-state index in [4.69, 9.17) is 0 Å². The maximum atomic E-state index is 12.9. The number of nitrogens with one attached hydrogen (secondary N) is 1. The number of benzene rings is 1. The highest BCUT2D eigenvalue weighted by Gasteiger charge is 2.28. The van der Waals surface area contributed by atoms with Crippen LogP contribution < -0.4 is 5.32 Å². The summed E-state index contributed by atoms with van der Waals surface area (Å²) in [7, 11) is -3.41. The van der Waals surface area contributed by atoms with Crippen LogP contribution in [-0.2, 0) is 21.2 Å². The van der Waals surface area contributed by atoms with Crippen LogP contribution >= 0.6 is 23.1 Å². The summed E-state index contributed by atoms with van der Waals surface area (Å²) in [6, 6.07) is 9.66. The van der Waals surface area contributed by atoms with E-state index in [1.54, 1.807) is 36.0 Å². The van der Waals surface area contributed by atoms with Gasteiger partial charge in [0.2, 0.25) is 5.91 Å². The topological polar surface area (TPSA) is 66.5 Å². The van der Waals surface area contributed by atoms with E-state index in [1.165, 1.54) is 27.8 Å². The fourth-order valence-electron chi connectivity index (χ4n) is 2.89. The van der Waals surface area contributed by atoms with Crippen LogP contribution in [0.1, 0.15) is 24.1 Å². The maximum absolute atomic E-state index is 12.9. The van der Waals surface area contributed by atoms with Crippen molar-refractivity contribution in [3.63, 3.8) is 0 Å². The lowest BCUT2D eigenvalue weighted by molar-refractivity contribution is -0.120. The van der Waals surface area contributed by atoms with Crippen LogP contribution in [-0.4, -0.2) is 44.0 Å². The van der Waals surface area contributed by atoms with Crippen LogP contribution in [0.4, 0.5) is 4.39 Å². The van der Waals surface area contributed by atoms with Gasteiger partial charge in [-0.25, -0.2) is 12.8 Å². The molecule has 0 unspecified atom stereocenters. The zero-order valence-electron chi connectivity index (χ0n) is 15.4. The summed E-state index contributed by atoms with van der Waals surface area (Å²) in [5, 5.41) is 2.86. The number of rotatable bonds is 9. The Hall–Kier alpha value is -1.42. The second-order valence-electron chi connectivity index (χ2n) is 6.51. The lowest BCUT2D eigenvalue weighted by Crippen LogP contribution is -2.27. The van der Waals surface area contributed by atoms with Gasteiger partial charge in [0.25, 0.3) is 10.0 Å². The first kappa shape index (κ1) is 21.3. The average molecular weight is 443 g/mol. The number of carbonyl (C=O) groups is 1. The minimum absolute atomic E-state index is 0.112. The van der Waals surface area contributed by atoms with E-state index in [-0.39, 0.29) is 18.1 Å². The molecule has 0 radical (unpaired) electrons. The van der Waals surface area contributed by atoms with Gasteiger partial charge in [0.1, 0.15) is 10.0 Å². The first-order chi connectivity index (χ1) is 13.4. The van der Waals surface area contributed by atoms with Gasteiger partial charge in [-0.05, 0) is 61.4 Å². The number of nitrogens with zero attached hydrogens (tertiary/aromatic N) is 1. The molecule has 0 aliphatic carbocycles. The molecule has 1 saturated heterocycles. The van der Waals surface area contributed by atoms with Gasteiger partial charge in [-0.1, -0.05) is 0 Å². The lowest BCUT2D eigenvalue weighted by Gasteiger charge is -2.13. The number of thiophene rings is 1. The van der Waals surface area contributed by atoms with Crippen LogP contribution in [0.15, 0.2) is 45.5 Å². The van der Waals surface area contributed by atoms with Gasteiger partial charge in [0.15, 0.2) is 0 Å². The molecule has 0 saturated carbocycles. The molecule has 1 fully saturated rings. The minimum Gasteiger partial charge on any atom is -0.356 e.